The molecule has 0 unspecified atom stereocenters. The minimum Gasteiger partial charge on any atom is -0.350 e. The van der Waals surface area contributed by atoms with Crippen LogP contribution >= 0.6 is 11.3 Å². The number of nitrogens with two attached hydrogens (primary N) is 1. The molecule has 1 aromatic carbocycles. The number of urea groups is 1. The maximum absolute atomic E-state index is 10.5. The molecule has 2 amide bonds. The third kappa shape index (κ3) is 2.98. The highest BCUT2D eigenvalue weighted by Gasteiger charge is 2.04. The molecule has 0 radical (unpaired) electrons. The van der Waals surface area contributed by atoms with Crippen molar-refractivity contribution in [1.82, 2.24) is 10.4 Å². The third-order valence-electron chi connectivity index (χ3n) is 2.45. The summed E-state index contributed by atoms with van der Waals surface area (Å²) in [5.41, 5.74) is 13.1. The summed E-state index contributed by atoms with van der Waals surface area (Å²) < 4.78 is 0. The summed E-state index contributed by atoms with van der Waals surface area (Å²) in [6, 6.07) is 7.62. The molecule has 0 fully saturated rings. The molecular formula is C12H14N4OS. The quantitative estimate of drug-likeness (QED) is 0.740. The van der Waals surface area contributed by atoms with Gasteiger partial charge in [0.25, 0.3) is 0 Å². The highest BCUT2D eigenvalue weighted by Crippen LogP contribution is 2.24. The van der Waals surface area contributed by atoms with Gasteiger partial charge in [0.15, 0.2) is 0 Å². The van der Waals surface area contributed by atoms with E-state index in [0.29, 0.717) is 5.13 Å². The molecule has 6 heteroatoms. The fourth-order valence-electron chi connectivity index (χ4n) is 1.49. The molecule has 0 aliphatic heterocycles. The Bertz CT molecular complexity index is 535. The van der Waals surface area contributed by atoms with Crippen LogP contribution < -0.4 is 16.6 Å². The molecule has 2 rings (SSSR count). The lowest BCUT2D eigenvalue weighted by molar-refractivity contribution is 0.250. The number of primary amides is 1. The van der Waals surface area contributed by atoms with Crippen LogP contribution in [0.15, 0.2) is 29.6 Å². The van der Waals surface area contributed by atoms with Crippen LogP contribution in [0.5, 0.6) is 0 Å². The van der Waals surface area contributed by atoms with Gasteiger partial charge < -0.3 is 5.73 Å². The van der Waals surface area contributed by atoms with Gasteiger partial charge in [-0.05, 0) is 12.0 Å². The van der Waals surface area contributed by atoms with E-state index in [2.05, 4.69) is 34.9 Å². The van der Waals surface area contributed by atoms with E-state index in [1.807, 2.05) is 17.5 Å². The van der Waals surface area contributed by atoms with Gasteiger partial charge in [-0.1, -0.05) is 31.2 Å². The molecule has 0 spiro atoms. The molecule has 0 aliphatic rings. The van der Waals surface area contributed by atoms with Gasteiger partial charge in [0.2, 0.25) is 5.13 Å². The Balaban J connectivity index is 2.10. The SMILES string of the molecule is CCc1ccc(-c2csc(NNC(N)=O)n2)cc1. The number of benzene rings is 1. The fourth-order valence-corrected chi connectivity index (χ4v) is 2.16. The topological polar surface area (TPSA) is 80.0 Å². The number of aromatic nitrogens is 1. The van der Waals surface area contributed by atoms with E-state index in [0.717, 1.165) is 17.7 Å². The summed E-state index contributed by atoms with van der Waals surface area (Å²) in [5.74, 6) is 0. The van der Waals surface area contributed by atoms with Crippen LogP contribution in [-0.4, -0.2) is 11.0 Å². The predicted molar refractivity (Wildman–Crippen MR) is 73.3 cm³/mol. The van der Waals surface area contributed by atoms with Crippen LogP contribution in [-0.2, 0) is 6.42 Å². The Labute approximate surface area is 109 Å². The number of carbonyl (C=O) groups is 1. The van der Waals surface area contributed by atoms with Gasteiger partial charge in [-0.2, -0.15) is 0 Å². The first kappa shape index (κ1) is 12.4. The molecule has 1 aromatic heterocycles. The average molecular weight is 262 g/mol. The number of aryl methyl sites for hydroxylation is 1. The number of amides is 2. The molecule has 1 heterocycles. The summed E-state index contributed by atoms with van der Waals surface area (Å²) in [5, 5.41) is 2.52. The zero-order valence-corrected chi connectivity index (χ0v) is 10.8. The average Bonchev–Trinajstić information content (AvgIpc) is 2.85. The van der Waals surface area contributed by atoms with E-state index in [1.165, 1.54) is 16.9 Å². The molecule has 5 nitrogen and oxygen atoms in total. The van der Waals surface area contributed by atoms with Gasteiger partial charge in [0.1, 0.15) is 0 Å². The Morgan fingerprint density at radius 3 is 2.72 bits per heavy atom. The number of thiazole rings is 1. The van der Waals surface area contributed by atoms with Gasteiger partial charge in [0.05, 0.1) is 5.69 Å². The number of hydrogen-bond donors (Lipinski definition) is 3. The molecule has 0 saturated heterocycles. The predicted octanol–water partition coefficient (Wildman–Crippen LogP) is 2.37. The maximum Gasteiger partial charge on any atom is 0.330 e. The lowest BCUT2D eigenvalue weighted by Crippen LogP contribution is -2.34. The van der Waals surface area contributed by atoms with Crippen LogP contribution in [0.2, 0.25) is 0 Å². The highest BCUT2D eigenvalue weighted by molar-refractivity contribution is 7.14. The first-order valence-electron chi connectivity index (χ1n) is 5.55. The zero-order chi connectivity index (χ0) is 13.0. The minimum absolute atomic E-state index is 0.600. The largest absolute Gasteiger partial charge is 0.350 e. The van der Waals surface area contributed by atoms with E-state index >= 15 is 0 Å². The van der Waals surface area contributed by atoms with E-state index in [9.17, 15) is 4.79 Å². The second kappa shape index (κ2) is 5.50. The summed E-state index contributed by atoms with van der Waals surface area (Å²) in [6.07, 6.45) is 1.02. The van der Waals surface area contributed by atoms with Crippen molar-refractivity contribution in [3.8, 4) is 11.3 Å². The van der Waals surface area contributed by atoms with Crippen LogP contribution in [0.25, 0.3) is 11.3 Å². The molecule has 0 saturated carbocycles. The van der Waals surface area contributed by atoms with E-state index < -0.39 is 6.03 Å². The standard InChI is InChI=1S/C12H14N4OS/c1-2-8-3-5-9(6-4-8)10-7-18-12(14-10)16-15-11(13)17/h3-7H,2H2,1H3,(H,14,16)(H3,13,15,17). The minimum atomic E-state index is -0.640. The first-order chi connectivity index (χ1) is 8.69. The Morgan fingerprint density at radius 1 is 1.39 bits per heavy atom. The molecular weight excluding hydrogens is 248 g/mol. The van der Waals surface area contributed by atoms with Gasteiger partial charge >= 0.3 is 6.03 Å². The second-order valence-corrected chi connectivity index (χ2v) is 4.56. The van der Waals surface area contributed by atoms with Crippen molar-refractivity contribution >= 4 is 22.5 Å². The Morgan fingerprint density at radius 2 is 2.11 bits per heavy atom. The molecule has 18 heavy (non-hydrogen) atoms. The Kier molecular flexibility index (Phi) is 3.78. The number of nitrogens with one attached hydrogen (secondary N) is 2. The van der Waals surface area contributed by atoms with Crippen molar-refractivity contribution in [3.05, 3.63) is 35.2 Å². The van der Waals surface area contributed by atoms with Crippen molar-refractivity contribution in [1.29, 1.82) is 0 Å². The van der Waals surface area contributed by atoms with Crippen LogP contribution in [0.3, 0.4) is 0 Å². The number of nitrogens with zero attached hydrogens (tertiary/aromatic N) is 1. The number of anilines is 1. The summed E-state index contributed by atoms with van der Waals surface area (Å²) in [4.78, 5) is 14.9. The van der Waals surface area contributed by atoms with Gasteiger partial charge in [-0.25, -0.2) is 15.2 Å². The maximum atomic E-state index is 10.5. The highest BCUT2D eigenvalue weighted by atomic mass is 32.1. The van der Waals surface area contributed by atoms with Gasteiger partial charge in [-0.3, -0.25) is 5.43 Å². The lowest BCUT2D eigenvalue weighted by Gasteiger charge is -2.01. The summed E-state index contributed by atoms with van der Waals surface area (Å²) >= 11 is 1.40. The normalized spacial score (nSPS) is 10.1. The Hall–Kier alpha value is -2.08. The zero-order valence-electron chi connectivity index (χ0n) is 9.93. The van der Waals surface area contributed by atoms with E-state index in [-0.39, 0.29) is 0 Å². The summed E-state index contributed by atoms with van der Waals surface area (Å²) in [7, 11) is 0. The number of carbonyl (C=O) groups excluding carboxylic acids is 1. The fraction of sp³-hybridized carbons (Fsp3) is 0.167. The van der Waals surface area contributed by atoms with E-state index in [1.54, 1.807) is 0 Å². The first-order valence-corrected chi connectivity index (χ1v) is 6.43. The molecule has 0 atom stereocenters. The van der Waals surface area contributed by atoms with Crippen LogP contribution in [0.1, 0.15) is 12.5 Å². The third-order valence-corrected chi connectivity index (χ3v) is 3.21. The number of hydrazine groups is 1. The molecule has 0 aliphatic carbocycles. The lowest BCUT2D eigenvalue weighted by atomic mass is 10.1. The number of hydrogen-bond acceptors (Lipinski definition) is 4. The van der Waals surface area contributed by atoms with Crippen LogP contribution in [0, 0.1) is 0 Å². The van der Waals surface area contributed by atoms with Crippen molar-refractivity contribution in [2.45, 2.75) is 13.3 Å². The second-order valence-electron chi connectivity index (χ2n) is 3.70. The van der Waals surface area contributed by atoms with Crippen molar-refractivity contribution in [3.63, 3.8) is 0 Å². The van der Waals surface area contributed by atoms with Crippen LogP contribution in [0.4, 0.5) is 9.93 Å². The van der Waals surface area contributed by atoms with Crippen molar-refractivity contribution in [2.75, 3.05) is 5.43 Å². The van der Waals surface area contributed by atoms with Gasteiger partial charge in [0, 0.05) is 10.9 Å². The molecule has 94 valence electrons. The molecule has 2 aromatic rings. The smallest absolute Gasteiger partial charge is 0.330 e. The molecule has 4 N–H and O–H groups in total. The number of rotatable bonds is 4. The van der Waals surface area contributed by atoms with Crippen molar-refractivity contribution in [2.24, 2.45) is 5.73 Å². The monoisotopic (exact) mass is 262 g/mol. The van der Waals surface area contributed by atoms with Gasteiger partial charge in [-0.15, -0.1) is 11.3 Å². The molecule has 0 bridgehead atoms. The van der Waals surface area contributed by atoms with E-state index in [4.69, 9.17) is 5.73 Å². The van der Waals surface area contributed by atoms with Crippen molar-refractivity contribution < 1.29 is 4.79 Å². The summed E-state index contributed by atoms with van der Waals surface area (Å²) in [6.45, 7) is 2.12.